The smallest absolute Gasteiger partial charge is 0.422 e. The zero-order valence-electron chi connectivity index (χ0n) is 17.8. The number of rotatable bonds is 8. The van der Waals surface area contributed by atoms with Crippen molar-refractivity contribution in [3.8, 4) is 11.5 Å². The number of hydrogen-bond donors (Lipinski definition) is 0. The third-order valence-corrected chi connectivity index (χ3v) is 5.52. The van der Waals surface area contributed by atoms with Gasteiger partial charge in [0, 0.05) is 11.8 Å². The van der Waals surface area contributed by atoms with Crippen LogP contribution in [0.2, 0.25) is 0 Å². The van der Waals surface area contributed by atoms with Gasteiger partial charge in [0.05, 0.1) is 13.2 Å². The van der Waals surface area contributed by atoms with E-state index in [0.717, 1.165) is 31.7 Å². The molecule has 6 heteroatoms. The van der Waals surface area contributed by atoms with Gasteiger partial charge in [-0.05, 0) is 49.4 Å². The fourth-order valence-electron chi connectivity index (χ4n) is 3.90. The van der Waals surface area contributed by atoms with Gasteiger partial charge in [0.15, 0.2) is 11.6 Å². The second kappa shape index (κ2) is 10.2. The predicted molar refractivity (Wildman–Crippen MR) is 113 cm³/mol. The molecule has 1 aliphatic carbocycles. The van der Waals surface area contributed by atoms with Crippen molar-refractivity contribution in [3.63, 3.8) is 0 Å². The van der Waals surface area contributed by atoms with Gasteiger partial charge in [-0.2, -0.15) is 13.2 Å². The highest BCUT2D eigenvalue weighted by molar-refractivity contribution is 5.44. The van der Waals surface area contributed by atoms with Crippen LogP contribution in [0.15, 0.2) is 48.6 Å². The van der Waals surface area contributed by atoms with E-state index >= 15 is 0 Å². The molecule has 1 aliphatic rings. The van der Waals surface area contributed by atoms with Gasteiger partial charge in [0.25, 0.3) is 0 Å². The first kappa shape index (κ1) is 23.2. The average Bonchev–Trinajstić information content (AvgIpc) is 2.74. The molecule has 0 aliphatic heterocycles. The monoisotopic (exact) mass is 436 g/mol. The van der Waals surface area contributed by atoms with E-state index in [-0.39, 0.29) is 19.1 Å². The Balaban J connectivity index is 1.66. The molecule has 0 radical (unpaired) electrons. The Kier molecular flexibility index (Phi) is 7.63. The topological polar surface area (TPSA) is 18.5 Å². The molecule has 2 nitrogen and oxygen atoms in total. The van der Waals surface area contributed by atoms with Crippen molar-refractivity contribution in [1.29, 1.82) is 0 Å². The quantitative estimate of drug-likeness (QED) is 0.319. The second-order valence-corrected chi connectivity index (χ2v) is 7.81. The summed E-state index contributed by atoms with van der Waals surface area (Å²) in [6.07, 6.45) is 3.07. The van der Waals surface area contributed by atoms with Crippen LogP contribution in [-0.4, -0.2) is 13.2 Å². The normalized spacial score (nSPS) is 18.8. The molecule has 31 heavy (non-hydrogen) atoms. The van der Waals surface area contributed by atoms with E-state index in [1.807, 2.05) is 6.08 Å². The zero-order chi connectivity index (χ0) is 22.4. The van der Waals surface area contributed by atoms with Crippen molar-refractivity contribution >= 4 is 0 Å². The van der Waals surface area contributed by atoms with Crippen molar-refractivity contribution in [2.24, 2.45) is 5.92 Å². The summed E-state index contributed by atoms with van der Waals surface area (Å²) in [7, 11) is 0. The minimum atomic E-state index is -4.87. The van der Waals surface area contributed by atoms with E-state index in [1.54, 1.807) is 6.92 Å². The Morgan fingerprint density at radius 1 is 0.903 bits per heavy atom. The molecule has 2 aromatic rings. The maximum atomic E-state index is 14.4. The van der Waals surface area contributed by atoms with Crippen molar-refractivity contribution in [2.45, 2.75) is 51.6 Å². The van der Waals surface area contributed by atoms with E-state index in [9.17, 15) is 17.6 Å². The van der Waals surface area contributed by atoms with Crippen LogP contribution in [0, 0.1) is 11.7 Å². The molecule has 0 saturated carbocycles. The number of aryl methyl sites for hydroxylation is 1. The molecule has 0 aromatic heterocycles. The minimum Gasteiger partial charge on any atom is -0.492 e. The fraction of sp³-hybridized carbons (Fsp3) is 0.440. The second-order valence-electron chi connectivity index (χ2n) is 7.81. The van der Waals surface area contributed by atoms with Crippen LogP contribution in [0.1, 0.15) is 55.7 Å². The third kappa shape index (κ3) is 5.81. The summed E-state index contributed by atoms with van der Waals surface area (Å²) in [4.78, 5) is 0. The van der Waals surface area contributed by atoms with Crippen LogP contribution in [0.3, 0.4) is 0 Å². The summed E-state index contributed by atoms with van der Waals surface area (Å²) in [5.41, 5.74) is 1.15. The van der Waals surface area contributed by atoms with Gasteiger partial charge in [-0.25, -0.2) is 4.39 Å². The van der Waals surface area contributed by atoms with Gasteiger partial charge in [0.2, 0.25) is 0 Å². The summed E-state index contributed by atoms with van der Waals surface area (Å²) < 4.78 is 65.0. The van der Waals surface area contributed by atoms with Crippen molar-refractivity contribution < 1.29 is 27.0 Å². The number of ether oxygens (including phenoxy) is 2. The van der Waals surface area contributed by atoms with Gasteiger partial charge in [-0.1, -0.05) is 49.8 Å². The van der Waals surface area contributed by atoms with Gasteiger partial charge in [-0.3, -0.25) is 0 Å². The molecule has 168 valence electrons. The molecular weight excluding hydrogens is 408 g/mol. The molecular formula is C25H28F4O2. The van der Waals surface area contributed by atoms with E-state index < -0.39 is 29.1 Å². The van der Waals surface area contributed by atoms with Gasteiger partial charge in [0.1, 0.15) is 11.3 Å². The Morgan fingerprint density at radius 3 is 2.19 bits per heavy atom. The Bertz CT molecular complexity index is 888. The summed E-state index contributed by atoms with van der Waals surface area (Å²) in [6.45, 7) is 3.87. The third-order valence-electron chi connectivity index (χ3n) is 5.52. The first-order valence-electron chi connectivity index (χ1n) is 10.8. The predicted octanol–water partition coefficient (Wildman–Crippen LogP) is 7.32. The highest BCUT2D eigenvalue weighted by atomic mass is 19.4. The summed E-state index contributed by atoms with van der Waals surface area (Å²) >= 11 is 0. The number of alkyl halides is 3. The molecule has 0 bridgehead atoms. The summed E-state index contributed by atoms with van der Waals surface area (Å²) in [6, 6.07) is 10.9. The molecule has 0 N–H and O–H groups in total. The van der Waals surface area contributed by atoms with Crippen molar-refractivity contribution in [2.75, 3.05) is 13.2 Å². The first-order valence-corrected chi connectivity index (χ1v) is 10.8. The lowest BCUT2D eigenvalue weighted by atomic mass is 9.84. The van der Waals surface area contributed by atoms with E-state index in [4.69, 9.17) is 9.47 Å². The minimum absolute atomic E-state index is 0.0219. The highest BCUT2D eigenvalue weighted by Gasteiger charge is 2.39. The Morgan fingerprint density at radius 2 is 1.61 bits per heavy atom. The lowest BCUT2D eigenvalue weighted by Gasteiger charge is -2.24. The summed E-state index contributed by atoms with van der Waals surface area (Å²) in [5.74, 6) is -2.09. The SMILES string of the molecule is CCCc1ccc(C2C=CC(COc3ccc(OCC)c(F)c3C(F)(F)F)CC2)cc1. The van der Waals surface area contributed by atoms with Crippen LogP contribution < -0.4 is 9.47 Å². The van der Waals surface area contributed by atoms with Gasteiger partial charge < -0.3 is 9.47 Å². The molecule has 3 rings (SSSR count). The van der Waals surface area contributed by atoms with E-state index in [2.05, 4.69) is 37.3 Å². The van der Waals surface area contributed by atoms with Gasteiger partial charge in [-0.15, -0.1) is 0 Å². The Hall–Kier alpha value is -2.50. The standard InChI is InChI=1S/C25H28F4O2/c1-3-5-17-6-10-19(11-7-17)20-12-8-18(9-13-20)16-31-21-14-15-22(30-4-2)24(26)23(21)25(27,28)29/h6-8,10-12,14-15,18,20H,3-5,9,13,16H2,1-2H3. The first-order chi connectivity index (χ1) is 14.8. The highest BCUT2D eigenvalue weighted by Crippen LogP contribution is 2.42. The number of benzene rings is 2. The van der Waals surface area contributed by atoms with E-state index in [1.165, 1.54) is 17.2 Å². The zero-order valence-corrected chi connectivity index (χ0v) is 17.8. The van der Waals surface area contributed by atoms with E-state index in [0.29, 0.717) is 5.92 Å². The molecule has 0 heterocycles. The molecule has 2 atom stereocenters. The Labute approximate surface area is 180 Å². The van der Waals surface area contributed by atoms with Crippen LogP contribution in [0.5, 0.6) is 11.5 Å². The van der Waals surface area contributed by atoms with Crippen LogP contribution in [0.25, 0.3) is 0 Å². The summed E-state index contributed by atoms with van der Waals surface area (Å²) in [5, 5.41) is 0. The maximum Gasteiger partial charge on any atom is 0.422 e. The molecule has 2 unspecified atom stereocenters. The molecule has 0 spiro atoms. The lowest BCUT2D eigenvalue weighted by molar-refractivity contribution is -0.141. The molecule has 0 saturated heterocycles. The lowest BCUT2D eigenvalue weighted by Crippen LogP contribution is -2.18. The fourth-order valence-corrected chi connectivity index (χ4v) is 3.90. The average molecular weight is 436 g/mol. The van der Waals surface area contributed by atoms with Crippen LogP contribution >= 0.6 is 0 Å². The molecule has 0 fully saturated rings. The van der Waals surface area contributed by atoms with Crippen molar-refractivity contribution in [3.05, 3.63) is 71.1 Å². The van der Waals surface area contributed by atoms with Gasteiger partial charge >= 0.3 is 6.18 Å². The number of hydrogen-bond acceptors (Lipinski definition) is 2. The number of allylic oxidation sites excluding steroid dienone is 1. The van der Waals surface area contributed by atoms with Crippen LogP contribution in [0.4, 0.5) is 17.6 Å². The molecule has 0 amide bonds. The number of halogens is 4. The maximum absolute atomic E-state index is 14.4. The largest absolute Gasteiger partial charge is 0.492 e. The van der Waals surface area contributed by atoms with Crippen LogP contribution in [-0.2, 0) is 12.6 Å². The molecule has 2 aromatic carbocycles. The van der Waals surface area contributed by atoms with Crippen molar-refractivity contribution in [1.82, 2.24) is 0 Å².